The Labute approximate surface area is 148 Å². The van der Waals surface area contributed by atoms with Crippen molar-refractivity contribution >= 4 is 21.4 Å². The monoisotopic (exact) mass is 361 g/mol. The smallest absolute Gasteiger partial charge is 0.262 e. The number of carbonyl (C=O) groups excluding carboxylic acids is 1. The molecule has 134 valence electrons. The first-order valence-corrected chi connectivity index (χ1v) is 10.0. The molecule has 0 spiro atoms. The van der Waals surface area contributed by atoms with Crippen LogP contribution >= 0.6 is 0 Å². The maximum atomic E-state index is 12.1. The number of rotatable bonds is 7. The third-order valence-corrected chi connectivity index (χ3v) is 5.12. The highest BCUT2D eigenvalue weighted by Crippen LogP contribution is 2.28. The van der Waals surface area contributed by atoms with Crippen molar-refractivity contribution in [2.24, 2.45) is 0 Å². The number of sulfone groups is 1. The summed E-state index contributed by atoms with van der Waals surface area (Å²) in [5, 5.41) is 2.69. The lowest BCUT2D eigenvalue weighted by Crippen LogP contribution is -2.20. The zero-order valence-corrected chi connectivity index (χ0v) is 15.5. The van der Waals surface area contributed by atoms with Crippen LogP contribution in [0.2, 0.25) is 0 Å². The van der Waals surface area contributed by atoms with Crippen LogP contribution in [0.5, 0.6) is 5.75 Å². The maximum absolute atomic E-state index is 12.1. The highest BCUT2D eigenvalue weighted by atomic mass is 32.2. The second-order valence-electron chi connectivity index (χ2n) is 5.98. The number of para-hydroxylation sites is 1. The van der Waals surface area contributed by atoms with Gasteiger partial charge in [0.25, 0.3) is 5.91 Å². The molecule has 0 aliphatic heterocycles. The van der Waals surface area contributed by atoms with E-state index in [-0.39, 0.29) is 17.4 Å². The van der Waals surface area contributed by atoms with Crippen LogP contribution in [0.1, 0.15) is 31.7 Å². The third-order valence-electron chi connectivity index (χ3n) is 3.99. The lowest BCUT2D eigenvalue weighted by molar-refractivity contribution is -0.118. The zero-order chi connectivity index (χ0) is 18.4. The zero-order valence-electron chi connectivity index (χ0n) is 14.7. The van der Waals surface area contributed by atoms with Gasteiger partial charge in [-0.25, -0.2) is 8.42 Å². The lowest BCUT2D eigenvalue weighted by atomic mass is 9.98. The fraction of sp³-hybridized carbons (Fsp3) is 0.316. The van der Waals surface area contributed by atoms with E-state index in [0.717, 1.165) is 18.2 Å². The van der Waals surface area contributed by atoms with Crippen LogP contribution in [-0.4, -0.2) is 27.2 Å². The molecule has 2 rings (SSSR count). The lowest BCUT2D eigenvalue weighted by Gasteiger charge is -2.15. The van der Waals surface area contributed by atoms with E-state index in [1.54, 1.807) is 12.1 Å². The van der Waals surface area contributed by atoms with E-state index in [9.17, 15) is 13.2 Å². The van der Waals surface area contributed by atoms with Gasteiger partial charge >= 0.3 is 0 Å². The molecule has 0 aliphatic rings. The van der Waals surface area contributed by atoms with Crippen LogP contribution < -0.4 is 10.1 Å². The molecule has 2 aromatic carbocycles. The summed E-state index contributed by atoms with van der Waals surface area (Å²) < 4.78 is 28.5. The van der Waals surface area contributed by atoms with Gasteiger partial charge in [0.05, 0.1) is 4.90 Å². The number of hydrogen-bond acceptors (Lipinski definition) is 4. The summed E-state index contributed by atoms with van der Waals surface area (Å²) in [6.07, 6.45) is 2.13. The van der Waals surface area contributed by atoms with Crippen molar-refractivity contribution in [2.75, 3.05) is 18.2 Å². The standard InChI is InChI=1S/C19H23NO4S/c1-4-14(2)17-7-5-6-8-18(17)24-13-19(21)20-15-9-11-16(12-10-15)25(3,22)23/h5-12,14H,4,13H2,1-3H3,(H,20,21). The summed E-state index contributed by atoms with van der Waals surface area (Å²) >= 11 is 0. The Morgan fingerprint density at radius 1 is 1.12 bits per heavy atom. The first-order chi connectivity index (χ1) is 11.8. The number of anilines is 1. The molecule has 1 N–H and O–H groups in total. The first kappa shape index (κ1) is 19.0. The fourth-order valence-corrected chi connectivity index (χ4v) is 3.00. The average molecular weight is 361 g/mol. The van der Waals surface area contributed by atoms with Crippen molar-refractivity contribution in [1.82, 2.24) is 0 Å². The highest BCUT2D eigenvalue weighted by Gasteiger charge is 2.12. The Morgan fingerprint density at radius 2 is 1.76 bits per heavy atom. The van der Waals surface area contributed by atoms with Crippen LogP contribution in [0.3, 0.4) is 0 Å². The molecule has 1 amide bonds. The van der Waals surface area contributed by atoms with Gasteiger partial charge in [-0.3, -0.25) is 4.79 Å². The minimum absolute atomic E-state index is 0.110. The third kappa shape index (κ3) is 5.32. The molecule has 25 heavy (non-hydrogen) atoms. The van der Waals surface area contributed by atoms with Crippen molar-refractivity contribution in [1.29, 1.82) is 0 Å². The quantitative estimate of drug-likeness (QED) is 0.817. The minimum Gasteiger partial charge on any atom is -0.483 e. The molecule has 2 aromatic rings. The van der Waals surface area contributed by atoms with Crippen molar-refractivity contribution < 1.29 is 17.9 Å². The Kier molecular flexibility index (Phi) is 6.20. The summed E-state index contributed by atoms with van der Waals surface area (Å²) in [5.41, 5.74) is 1.60. The molecule has 0 bridgehead atoms. The number of benzene rings is 2. The molecular formula is C19H23NO4S. The summed E-state index contributed by atoms with van der Waals surface area (Å²) in [5.74, 6) is 0.758. The van der Waals surface area contributed by atoms with Crippen molar-refractivity contribution in [2.45, 2.75) is 31.1 Å². The minimum atomic E-state index is -3.25. The SMILES string of the molecule is CCC(C)c1ccccc1OCC(=O)Nc1ccc(S(C)(=O)=O)cc1. The van der Waals surface area contributed by atoms with Crippen molar-refractivity contribution in [3.8, 4) is 5.75 Å². The molecular weight excluding hydrogens is 338 g/mol. The Hall–Kier alpha value is -2.34. The molecule has 0 saturated heterocycles. The second kappa shape index (κ2) is 8.16. The highest BCUT2D eigenvalue weighted by molar-refractivity contribution is 7.90. The molecule has 0 fully saturated rings. The van der Waals surface area contributed by atoms with E-state index in [2.05, 4.69) is 19.2 Å². The van der Waals surface area contributed by atoms with E-state index in [1.807, 2.05) is 24.3 Å². The Morgan fingerprint density at radius 3 is 2.36 bits per heavy atom. The first-order valence-electron chi connectivity index (χ1n) is 8.13. The molecule has 1 unspecified atom stereocenters. The summed E-state index contributed by atoms with van der Waals surface area (Å²) in [4.78, 5) is 12.3. The molecule has 1 atom stereocenters. The van der Waals surface area contributed by atoms with Crippen molar-refractivity contribution in [3.05, 3.63) is 54.1 Å². The Balaban J connectivity index is 1.98. The predicted molar refractivity (Wildman–Crippen MR) is 98.8 cm³/mol. The summed E-state index contributed by atoms with van der Waals surface area (Å²) in [6.45, 7) is 4.11. The fourth-order valence-electron chi connectivity index (χ4n) is 2.36. The molecule has 0 aromatic heterocycles. The number of hydrogen-bond donors (Lipinski definition) is 1. The summed E-state index contributed by atoms with van der Waals surface area (Å²) in [7, 11) is -3.25. The normalized spacial score (nSPS) is 12.4. The molecule has 0 radical (unpaired) electrons. The number of amides is 1. The van der Waals surface area contributed by atoms with Gasteiger partial charge in [0, 0.05) is 11.9 Å². The molecule has 0 aliphatic carbocycles. The van der Waals surface area contributed by atoms with Gasteiger partial charge in [0.1, 0.15) is 5.75 Å². The van der Waals surface area contributed by atoms with Gasteiger partial charge in [0.2, 0.25) is 0 Å². The van der Waals surface area contributed by atoms with Crippen LogP contribution in [0.25, 0.3) is 0 Å². The van der Waals surface area contributed by atoms with Crippen molar-refractivity contribution in [3.63, 3.8) is 0 Å². The van der Waals surface area contributed by atoms with E-state index in [1.165, 1.54) is 12.1 Å². The van der Waals surface area contributed by atoms with Crippen LogP contribution in [-0.2, 0) is 14.6 Å². The van der Waals surface area contributed by atoms with Gasteiger partial charge in [-0.15, -0.1) is 0 Å². The predicted octanol–water partition coefficient (Wildman–Crippen LogP) is 3.62. The van der Waals surface area contributed by atoms with Crippen LogP contribution in [0.4, 0.5) is 5.69 Å². The second-order valence-corrected chi connectivity index (χ2v) is 8.00. The number of nitrogens with one attached hydrogen (secondary N) is 1. The van der Waals surface area contributed by atoms with Gasteiger partial charge in [-0.2, -0.15) is 0 Å². The van der Waals surface area contributed by atoms with E-state index in [0.29, 0.717) is 17.4 Å². The molecule has 0 saturated carbocycles. The van der Waals surface area contributed by atoms with Gasteiger partial charge in [0.15, 0.2) is 16.4 Å². The average Bonchev–Trinajstić information content (AvgIpc) is 2.59. The van der Waals surface area contributed by atoms with E-state index >= 15 is 0 Å². The van der Waals surface area contributed by atoms with Crippen LogP contribution in [0.15, 0.2) is 53.4 Å². The van der Waals surface area contributed by atoms with Gasteiger partial charge in [-0.05, 0) is 48.2 Å². The molecule has 5 nitrogen and oxygen atoms in total. The largest absolute Gasteiger partial charge is 0.483 e. The molecule has 6 heteroatoms. The Bertz CT molecular complexity index is 829. The molecule has 0 heterocycles. The van der Waals surface area contributed by atoms with Gasteiger partial charge in [-0.1, -0.05) is 32.0 Å². The topological polar surface area (TPSA) is 72.5 Å². The number of ether oxygens (including phenoxy) is 1. The number of carbonyl (C=O) groups is 1. The van der Waals surface area contributed by atoms with Gasteiger partial charge < -0.3 is 10.1 Å². The summed E-state index contributed by atoms with van der Waals surface area (Å²) in [6, 6.07) is 13.7. The van der Waals surface area contributed by atoms with E-state index < -0.39 is 9.84 Å². The maximum Gasteiger partial charge on any atom is 0.262 e. The van der Waals surface area contributed by atoms with E-state index in [4.69, 9.17) is 4.74 Å². The van der Waals surface area contributed by atoms with Crippen LogP contribution in [0, 0.1) is 0 Å².